The van der Waals surface area contributed by atoms with Crippen LogP contribution < -0.4 is 0 Å². The van der Waals surface area contributed by atoms with Crippen molar-refractivity contribution >= 4 is 5.97 Å². The molecule has 5 heteroatoms. The molecule has 100 valence electrons. The Bertz CT molecular complexity index is 226. The van der Waals surface area contributed by atoms with Crippen LogP contribution in [0.15, 0.2) is 0 Å². The second-order valence-electron chi connectivity index (χ2n) is 4.98. The average Bonchev–Trinajstić information content (AvgIpc) is 2.27. The van der Waals surface area contributed by atoms with E-state index in [4.69, 9.17) is 5.11 Å². The van der Waals surface area contributed by atoms with Gasteiger partial charge in [0, 0.05) is 45.7 Å². The number of carboxylic acid groups (broad SMARTS) is 1. The zero-order valence-electron chi connectivity index (χ0n) is 11.1. The highest BCUT2D eigenvalue weighted by molar-refractivity contribution is 5.66. The summed E-state index contributed by atoms with van der Waals surface area (Å²) in [6, 6.07) is 0. The Labute approximate surface area is 104 Å². The first-order chi connectivity index (χ1) is 8.08. The minimum Gasteiger partial charge on any atom is -0.481 e. The third kappa shape index (κ3) is 6.61. The molecule has 0 spiro atoms. The van der Waals surface area contributed by atoms with Gasteiger partial charge in [-0.3, -0.25) is 9.69 Å². The molecule has 0 saturated carbocycles. The summed E-state index contributed by atoms with van der Waals surface area (Å²) in [6.07, 6.45) is 1.06. The lowest BCUT2D eigenvalue weighted by Gasteiger charge is -2.35. The van der Waals surface area contributed by atoms with Crippen molar-refractivity contribution in [2.45, 2.75) is 12.8 Å². The number of carbonyl (C=O) groups is 1. The zero-order valence-corrected chi connectivity index (χ0v) is 11.1. The molecule has 17 heavy (non-hydrogen) atoms. The van der Waals surface area contributed by atoms with Crippen molar-refractivity contribution < 1.29 is 9.90 Å². The average molecular weight is 243 g/mol. The van der Waals surface area contributed by atoms with E-state index in [2.05, 4.69) is 28.8 Å². The molecule has 0 bridgehead atoms. The molecule has 0 aromatic carbocycles. The van der Waals surface area contributed by atoms with Crippen molar-refractivity contribution in [1.29, 1.82) is 0 Å². The van der Waals surface area contributed by atoms with Gasteiger partial charge in [-0.15, -0.1) is 0 Å². The first-order valence-corrected chi connectivity index (χ1v) is 6.39. The summed E-state index contributed by atoms with van der Waals surface area (Å²) in [5, 5.41) is 8.58. The number of hydrogen-bond donors (Lipinski definition) is 1. The largest absolute Gasteiger partial charge is 0.481 e. The number of aliphatic carboxylic acids is 1. The van der Waals surface area contributed by atoms with Gasteiger partial charge in [0.15, 0.2) is 0 Å². The first kappa shape index (κ1) is 14.4. The third-order valence-electron chi connectivity index (χ3n) is 3.19. The molecule has 0 atom stereocenters. The van der Waals surface area contributed by atoms with Gasteiger partial charge in [-0.1, -0.05) is 0 Å². The highest BCUT2D eigenvalue weighted by atomic mass is 16.4. The molecule has 1 rings (SSSR count). The lowest BCUT2D eigenvalue weighted by molar-refractivity contribution is -0.137. The van der Waals surface area contributed by atoms with E-state index >= 15 is 0 Å². The third-order valence-corrected chi connectivity index (χ3v) is 3.19. The molecule has 0 aromatic rings. The lowest BCUT2D eigenvalue weighted by Crippen LogP contribution is -2.48. The van der Waals surface area contributed by atoms with Gasteiger partial charge in [-0.25, -0.2) is 0 Å². The second-order valence-corrected chi connectivity index (χ2v) is 4.98. The molecular weight excluding hydrogens is 218 g/mol. The van der Waals surface area contributed by atoms with E-state index in [-0.39, 0.29) is 0 Å². The Balaban J connectivity index is 2.07. The topological polar surface area (TPSA) is 47.0 Å². The number of piperazine rings is 1. The predicted molar refractivity (Wildman–Crippen MR) is 68.3 cm³/mol. The Morgan fingerprint density at radius 2 is 1.65 bits per heavy atom. The minimum absolute atomic E-state index is 0.293. The van der Waals surface area contributed by atoms with Gasteiger partial charge >= 0.3 is 5.97 Å². The fourth-order valence-corrected chi connectivity index (χ4v) is 2.03. The van der Waals surface area contributed by atoms with Crippen molar-refractivity contribution in [3.05, 3.63) is 0 Å². The molecule has 1 aliphatic heterocycles. The maximum Gasteiger partial charge on any atom is 0.303 e. The number of likely N-dealkylation sites (N-methyl/N-ethyl adjacent to an activating group) is 1. The van der Waals surface area contributed by atoms with E-state index in [1.54, 1.807) is 0 Å². The van der Waals surface area contributed by atoms with Crippen LogP contribution in [0, 0.1) is 0 Å². The number of carboxylic acids is 1. The molecule has 0 aromatic heterocycles. The van der Waals surface area contributed by atoms with E-state index in [0.29, 0.717) is 6.42 Å². The van der Waals surface area contributed by atoms with Gasteiger partial charge in [-0.05, 0) is 27.1 Å². The smallest absolute Gasteiger partial charge is 0.303 e. The SMILES string of the molecule is CN(C)CCN1CCN(CCCC(=O)O)CC1. The van der Waals surface area contributed by atoms with E-state index in [9.17, 15) is 4.79 Å². The van der Waals surface area contributed by atoms with Crippen molar-refractivity contribution in [1.82, 2.24) is 14.7 Å². The van der Waals surface area contributed by atoms with Crippen LogP contribution >= 0.6 is 0 Å². The Morgan fingerprint density at radius 1 is 1.12 bits per heavy atom. The van der Waals surface area contributed by atoms with Gasteiger partial charge in [0.05, 0.1) is 0 Å². The van der Waals surface area contributed by atoms with E-state index in [1.165, 1.54) is 0 Å². The maximum absolute atomic E-state index is 10.4. The maximum atomic E-state index is 10.4. The summed E-state index contributed by atoms with van der Waals surface area (Å²) in [5.41, 5.74) is 0. The Hall–Kier alpha value is -0.650. The van der Waals surface area contributed by atoms with Crippen molar-refractivity contribution in [2.24, 2.45) is 0 Å². The number of hydrogen-bond acceptors (Lipinski definition) is 4. The molecule has 5 nitrogen and oxygen atoms in total. The normalized spacial score (nSPS) is 18.8. The number of nitrogens with zero attached hydrogens (tertiary/aromatic N) is 3. The fraction of sp³-hybridized carbons (Fsp3) is 0.917. The monoisotopic (exact) mass is 243 g/mol. The Morgan fingerprint density at radius 3 is 2.12 bits per heavy atom. The van der Waals surface area contributed by atoms with Crippen molar-refractivity contribution in [3.63, 3.8) is 0 Å². The van der Waals surface area contributed by atoms with Crippen LogP contribution in [-0.2, 0) is 4.79 Å². The predicted octanol–water partition coefficient (Wildman–Crippen LogP) is 0.0304. The molecule has 0 aliphatic carbocycles. The van der Waals surface area contributed by atoms with Crippen LogP contribution in [0.4, 0.5) is 0 Å². The fourth-order valence-electron chi connectivity index (χ4n) is 2.03. The van der Waals surface area contributed by atoms with Gasteiger partial charge in [0.1, 0.15) is 0 Å². The quantitative estimate of drug-likeness (QED) is 0.683. The Kier molecular flexibility index (Phi) is 6.47. The molecule has 0 amide bonds. The lowest BCUT2D eigenvalue weighted by atomic mass is 10.2. The highest BCUT2D eigenvalue weighted by Gasteiger charge is 2.16. The van der Waals surface area contributed by atoms with Gasteiger partial charge in [0.2, 0.25) is 0 Å². The van der Waals surface area contributed by atoms with Gasteiger partial charge in [-0.2, -0.15) is 0 Å². The summed E-state index contributed by atoms with van der Waals surface area (Å²) in [6.45, 7) is 7.55. The molecular formula is C12H25N3O2. The summed E-state index contributed by atoms with van der Waals surface area (Å²) in [7, 11) is 4.20. The van der Waals surface area contributed by atoms with E-state index < -0.39 is 5.97 Å². The zero-order chi connectivity index (χ0) is 12.7. The minimum atomic E-state index is -0.686. The molecule has 1 fully saturated rings. The highest BCUT2D eigenvalue weighted by Crippen LogP contribution is 2.03. The molecule has 1 N–H and O–H groups in total. The van der Waals surface area contributed by atoms with Gasteiger partial charge in [0.25, 0.3) is 0 Å². The summed E-state index contributed by atoms with van der Waals surface area (Å²) >= 11 is 0. The molecule has 1 saturated heterocycles. The van der Waals surface area contributed by atoms with Crippen LogP contribution in [0.5, 0.6) is 0 Å². The van der Waals surface area contributed by atoms with Crippen LogP contribution in [0.1, 0.15) is 12.8 Å². The number of rotatable bonds is 7. The standard InChI is InChI=1S/C12H25N3O2/c1-13(2)6-7-15-10-8-14(9-11-15)5-3-4-12(16)17/h3-11H2,1-2H3,(H,16,17). The second kappa shape index (κ2) is 7.63. The first-order valence-electron chi connectivity index (χ1n) is 6.39. The van der Waals surface area contributed by atoms with Gasteiger partial charge < -0.3 is 14.9 Å². The van der Waals surface area contributed by atoms with Crippen LogP contribution in [0.2, 0.25) is 0 Å². The summed E-state index contributed by atoms with van der Waals surface area (Å²) in [4.78, 5) is 17.5. The van der Waals surface area contributed by atoms with Crippen molar-refractivity contribution in [2.75, 3.05) is 59.9 Å². The summed E-state index contributed by atoms with van der Waals surface area (Å²) < 4.78 is 0. The van der Waals surface area contributed by atoms with Crippen LogP contribution in [-0.4, -0.2) is 85.7 Å². The molecule has 1 heterocycles. The summed E-state index contributed by atoms with van der Waals surface area (Å²) in [5.74, 6) is -0.686. The molecule has 0 unspecified atom stereocenters. The van der Waals surface area contributed by atoms with Crippen molar-refractivity contribution in [3.8, 4) is 0 Å². The van der Waals surface area contributed by atoms with E-state index in [1.807, 2.05) is 0 Å². The molecule has 1 aliphatic rings. The van der Waals surface area contributed by atoms with Crippen LogP contribution in [0.3, 0.4) is 0 Å². The van der Waals surface area contributed by atoms with Crippen LogP contribution in [0.25, 0.3) is 0 Å². The molecule has 0 radical (unpaired) electrons. The van der Waals surface area contributed by atoms with E-state index in [0.717, 1.165) is 52.2 Å².